The summed E-state index contributed by atoms with van der Waals surface area (Å²) in [5.74, 6) is 0. The van der Waals surface area contributed by atoms with Gasteiger partial charge in [0.1, 0.15) is 20.4 Å². The van der Waals surface area contributed by atoms with Gasteiger partial charge in [0.05, 0.1) is 16.8 Å². The molecule has 0 spiro atoms. The lowest BCUT2D eigenvalue weighted by Gasteiger charge is -2.46. The highest BCUT2D eigenvalue weighted by molar-refractivity contribution is 5.81. The van der Waals surface area contributed by atoms with E-state index in [1.165, 1.54) is 178 Å². The Labute approximate surface area is 833 Å². The van der Waals surface area contributed by atoms with Gasteiger partial charge in [-0.2, -0.15) is 0 Å². The number of hydrogen-bond donors (Lipinski definition) is 0. The molecule has 44 rings (SSSR count). The molecule has 6 nitrogen and oxygen atoms in total. The summed E-state index contributed by atoms with van der Waals surface area (Å²) in [6, 6.07) is 165. The monoisotopic (exact) mass is 1840 g/mol. The molecule has 6 heteroatoms. The van der Waals surface area contributed by atoms with Crippen molar-refractivity contribution in [3.63, 3.8) is 0 Å². The molecule has 0 aliphatic heterocycles. The van der Waals surface area contributed by atoms with Crippen molar-refractivity contribution in [3.05, 3.63) is 482 Å². The molecule has 26 aliphatic carbocycles. The standard InChI is InChI=1S/C75H80O6.C60H42/c1-70-39-41-71(2,42-40-70)65-29-19-60(20-30-65)63-25-37-69(38-26-63)75(81-53-78-6)49-47-74(48-50-75,80-52-77-5)68-35-23-62(24-36-68)57-13-11-56(12-14-57)61-21-33-67(34-22-61)73(79-51-76-4)45-43-72(3,44-46-73)66-31-17-59(18-32-66)55-9-7-54(8-10-55)58-15-27-64(70)28-16-58;1-3-7-43(8-4-1)45-11-15-47(16-12-45)49-19-23-51(24-20-49)53-27-31-55(32-28-53)57-35-39-59(40-36-57)60-41-37-58(38-42-60)56-33-29-54(30-34-56)52-25-21-50(22-26-52)48-17-13-46(14-18-48)44-9-5-2-6-10-44/h7-38H,39-53H2,1-6H3;1-42H. The molecule has 26 aliphatic rings. The zero-order chi connectivity index (χ0) is 95.8. The highest BCUT2D eigenvalue weighted by Gasteiger charge is 2.48. The second-order valence-electron chi connectivity index (χ2n) is 40.3. The molecule has 698 valence electrons. The van der Waals surface area contributed by atoms with Gasteiger partial charge in [-0.1, -0.05) is 470 Å². The lowest BCUT2D eigenvalue weighted by Crippen LogP contribution is -2.43. The molecular formula is C135H122O6. The van der Waals surface area contributed by atoms with Crippen molar-refractivity contribution in [1.82, 2.24) is 0 Å². The Hall–Kier alpha value is -14.3. The first kappa shape index (κ1) is 93.0. The summed E-state index contributed by atoms with van der Waals surface area (Å²) in [6.45, 7) is 8.07. The lowest BCUT2D eigenvalue weighted by molar-refractivity contribution is -0.203. The Morgan fingerprint density at radius 1 is 0.135 bits per heavy atom. The molecule has 0 amide bonds. The molecule has 22 bridgehead atoms. The van der Waals surface area contributed by atoms with Gasteiger partial charge in [0.25, 0.3) is 0 Å². The van der Waals surface area contributed by atoms with Gasteiger partial charge in [0, 0.05) is 21.3 Å². The summed E-state index contributed by atoms with van der Waals surface area (Å²) in [5.41, 5.74) is 40.7. The Morgan fingerprint density at radius 3 is 0.376 bits per heavy atom. The van der Waals surface area contributed by atoms with Gasteiger partial charge >= 0.3 is 0 Å². The van der Waals surface area contributed by atoms with Gasteiger partial charge < -0.3 is 28.4 Å². The van der Waals surface area contributed by atoms with Crippen LogP contribution in [0.5, 0.6) is 0 Å². The summed E-state index contributed by atoms with van der Waals surface area (Å²) < 4.78 is 36.8. The fourth-order valence-corrected chi connectivity index (χ4v) is 22.5. The average molecular weight is 1840 g/mol. The van der Waals surface area contributed by atoms with Crippen molar-refractivity contribution in [1.29, 1.82) is 0 Å². The van der Waals surface area contributed by atoms with E-state index in [-0.39, 0.29) is 36.6 Å². The van der Waals surface area contributed by atoms with E-state index in [1.807, 2.05) is 0 Å². The van der Waals surface area contributed by atoms with Gasteiger partial charge in [-0.25, -0.2) is 0 Å². The maximum atomic E-state index is 6.72. The lowest BCUT2D eigenvalue weighted by atomic mass is 9.60. The normalized spacial score (nSPS) is 19.6. The van der Waals surface area contributed by atoms with E-state index in [1.54, 1.807) is 21.3 Å². The van der Waals surface area contributed by atoms with E-state index in [9.17, 15) is 0 Å². The zero-order valence-corrected chi connectivity index (χ0v) is 81.8. The largest absolute Gasteiger partial charge is 0.359 e. The second kappa shape index (κ2) is 40.9. The fourth-order valence-electron chi connectivity index (χ4n) is 22.5. The highest BCUT2D eigenvalue weighted by atomic mass is 16.7. The van der Waals surface area contributed by atoms with E-state index < -0.39 is 16.8 Å². The van der Waals surface area contributed by atoms with Gasteiger partial charge in [-0.3, -0.25) is 0 Å². The van der Waals surface area contributed by atoms with E-state index in [4.69, 9.17) is 28.4 Å². The van der Waals surface area contributed by atoms with Crippen molar-refractivity contribution in [2.24, 2.45) is 0 Å². The van der Waals surface area contributed by atoms with Crippen LogP contribution in [0.15, 0.2) is 449 Å². The van der Waals surface area contributed by atoms with Crippen LogP contribution in [0.2, 0.25) is 0 Å². The summed E-state index contributed by atoms with van der Waals surface area (Å²) in [6.07, 6.45) is 11.5. The molecule has 141 heavy (non-hydrogen) atoms. The molecule has 18 aromatic rings. The Bertz CT molecular complexity index is 6980. The molecule has 0 atom stereocenters. The number of hydrogen-bond acceptors (Lipinski definition) is 6. The van der Waals surface area contributed by atoms with Gasteiger partial charge in [-0.15, -0.1) is 0 Å². The molecule has 0 saturated heterocycles. The Balaban J connectivity index is 0.000000175. The Kier molecular flexibility index (Phi) is 27.0. The first-order valence-electron chi connectivity index (χ1n) is 50.3. The van der Waals surface area contributed by atoms with E-state index in [0.29, 0.717) is 0 Å². The third-order valence-electron chi connectivity index (χ3n) is 31.9. The highest BCUT2D eigenvalue weighted by Crippen LogP contribution is 2.54. The maximum Gasteiger partial charge on any atom is 0.147 e. The third-order valence-corrected chi connectivity index (χ3v) is 31.9. The average Bonchev–Trinajstić information content (AvgIpc) is 0.762. The first-order chi connectivity index (χ1) is 69.1. The van der Waals surface area contributed by atoms with Crippen LogP contribution in [0.4, 0.5) is 0 Å². The summed E-state index contributed by atoms with van der Waals surface area (Å²) in [5, 5.41) is 0. The smallest absolute Gasteiger partial charge is 0.147 e. The predicted molar refractivity (Wildman–Crippen MR) is 583 cm³/mol. The van der Waals surface area contributed by atoms with Crippen molar-refractivity contribution >= 4 is 0 Å². The molecule has 0 unspecified atom stereocenters. The number of ether oxygens (including phenoxy) is 6. The number of benzene rings is 18. The maximum absolute atomic E-state index is 6.72. The van der Waals surface area contributed by atoms with Gasteiger partial charge in [0.2, 0.25) is 0 Å². The minimum atomic E-state index is -0.526. The molecule has 0 heterocycles. The topological polar surface area (TPSA) is 55.4 Å². The van der Waals surface area contributed by atoms with E-state index >= 15 is 0 Å². The first-order valence-corrected chi connectivity index (χ1v) is 50.3. The van der Waals surface area contributed by atoms with Crippen LogP contribution in [-0.4, -0.2) is 41.7 Å². The van der Waals surface area contributed by atoms with Crippen molar-refractivity contribution in [2.75, 3.05) is 41.7 Å². The zero-order valence-electron chi connectivity index (χ0n) is 81.8. The van der Waals surface area contributed by atoms with Crippen LogP contribution in [-0.2, 0) is 61.5 Å². The summed E-state index contributed by atoms with van der Waals surface area (Å²) in [4.78, 5) is 0. The van der Waals surface area contributed by atoms with Crippen molar-refractivity contribution in [2.45, 2.75) is 131 Å². The third kappa shape index (κ3) is 19.9. The van der Waals surface area contributed by atoms with Crippen molar-refractivity contribution < 1.29 is 28.4 Å². The van der Waals surface area contributed by atoms with Crippen LogP contribution in [0.1, 0.15) is 131 Å². The van der Waals surface area contributed by atoms with Crippen molar-refractivity contribution in [3.8, 4) is 156 Å². The molecule has 0 aromatic heterocycles. The molecular weight excluding hydrogens is 1720 g/mol. The molecule has 18 aromatic carbocycles. The Morgan fingerprint density at radius 2 is 0.241 bits per heavy atom. The molecule has 3 saturated carbocycles. The summed E-state index contributed by atoms with van der Waals surface area (Å²) >= 11 is 0. The van der Waals surface area contributed by atoms with Crippen LogP contribution >= 0.6 is 0 Å². The quantitative estimate of drug-likeness (QED) is 0.0798. The van der Waals surface area contributed by atoms with Crippen LogP contribution in [0.3, 0.4) is 0 Å². The fraction of sp³-hybridized carbons (Fsp3) is 0.200. The number of rotatable bonds is 18. The minimum absolute atomic E-state index is 0.0398. The minimum Gasteiger partial charge on any atom is -0.359 e. The van der Waals surface area contributed by atoms with Crippen LogP contribution in [0, 0.1) is 0 Å². The van der Waals surface area contributed by atoms with Crippen LogP contribution in [0.25, 0.3) is 156 Å². The summed E-state index contributed by atoms with van der Waals surface area (Å²) in [7, 11) is 5.12. The van der Waals surface area contributed by atoms with Gasteiger partial charge in [0.15, 0.2) is 0 Å². The molecule has 3 fully saturated rings. The van der Waals surface area contributed by atoms with Gasteiger partial charge in [-0.05, 0) is 282 Å². The SMILES string of the molecule is COCOC12CCC(C)(CC1)c1ccc(cc1)-c1ccc(cc1)-c1ccc(cc1)C1(C)CCC(C)(CC1)c1ccc(cc1)-c1ccc(cc1)C1(OCOC)CCC(OCOC)(CC1)c1ccc(cc1)-c1ccc(cc1)-c1ccc2cc1.c1ccc(-c2ccc(-c3ccc(-c4ccc(-c5ccc(-c6ccc(-c7ccc(-c8ccc(-c9ccc(-c%10ccccc%10)cc9)cc8)cc7)cc6)cc5)cc4)cc3)cc2)cc1. The van der Waals surface area contributed by atoms with E-state index in [0.717, 1.165) is 88.2 Å². The van der Waals surface area contributed by atoms with E-state index in [2.05, 4.69) is 470 Å². The molecule has 0 radical (unpaired) electrons. The second-order valence-corrected chi connectivity index (χ2v) is 40.3. The predicted octanol–water partition coefficient (Wildman–Crippen LogP) is 35.1. The molecule has 0 N–H and O–H groups in total. The van der Waals surface area contributed by atoms with Crippen LogP contribution < -0.4 is 0 Å². The number of methoxy groups -OCH3 is 3.